The van der Waals surface area contributed by atoms with E-state index in [-0.39, 0.29) is 41.6 Å². The van der Waals surface area contributed by atoms with E-state index >= 15 is 0 Å². The maximum Gasteiger partial charge on any atom is 0.342 e. The molecule has 162 valence electrons. The van der Waals surface area contributed by atoms with Crippen molar-refractivity contribution in [3.63, 3.8) is 0 Å². The Morgan fingerprint density at radius 1 is 1.16 bits per heavy atom. The minimum absolute atomic E-state index is 0.0531. The molecule has 0 radical (unpaired) electrons. The largest absolute Gasteiger partial charge is 0.463 e. The molecule has 9 nitrogen and oxygen atoms in total. The number of esters is 2. The van der Waals surface area contributed by atoms with Gasteiger partial charge in [-0.2, -0.15) is 0 Å². The summed E-state index contributed by atoms with van der Waals surface area (Å²) in [6.07, 6.45) is 1.44. The maximum atomic E-state index is 14.0. The van der Waals surface area contributed by atoms with Gasteiger partial charge in [-0.15, -0.1) is 0 Å². The van der Waals surface area contributed by atoms with E-state index < -0.39 is 29.8 Å². The van der Waals surface area contributed by atoms with Crippen LogP contribution in [-0.2, 0) is 14.3 Å². The van der Waals surface area contributed by atoms with Gasteiger partial charge in [0.1, 0.15) is 23.8 Å². The van der Waals surface area contributed by atoms with E-state index in [0.29, 0.717) is 0 Å². The standard InChI is InChI=1S/C21H21FN4O5/c1-3-30-20(28)17-12(2)24-21(29)26-16(17)11-31-19(27)13-7-6-10-23-18(13)25-15-9-5-4-8-14(15)22/h4-10,12H,3,11H2,1-2H3,(H,23,25)(H2,24,26,29). The number of anilines is 2. The van der Waals surface area contributed by atoms with Crippen LogP contribution < -0.4 is 16.0 Å². The van der Waals surface area contributed by atoms with E-state index in [0.717, 1.165) is 0 Å². The number of nitrogens with zero attached hydrogens (tertiary/aromatic N) is 1. The van der Waals surface area contributed by atoms with Crippen LogP contribution in [0, 0.1) is 5.82 Å². The van der Waals surface area contributed by atoms with Crippen LogP contribution in [-0.4, -0.2) is 42.2 Å². The highest BCUT2D eigenvalue weighted by Gasteiger charge is 2.30. The van der Waals surface area contributed by atoms with Crippen LogP contribution in [0.5, 0.6) is 0 Å². The first-order valence-corrected chi connectivity index (χ1v) is 9.52. The van der Waals surface area contributed by atoms with Crippen LogP contribution >= 0.6 is 0 Å². The number of urea groups is 1. The first-order valence-electron chi connectivity index (χ1n) is 9.52. The van der Waals surface area contributed by atoms with Crippen LogP contribution in [0.4, 0.5) is 20.7 Å². The molecule has 10 heteroatoms. The second-order valence-electron chi connectivity index (χ2n) is 6.51. The van der Waals surface area contributed by atoms with Gasteiger partial charge in [0.05, 0.1) is 29.6 Å². The molecule has 1 aliphatic rings. The zero-order valence-electron chi connectivity index (χ0n) is 16.9. The Hall–Kier alpha value is -3.95. The van der Waals surface area contributed by atoms with Crippen LogP contribution in [0.25, 0.3) is 0 Å². The molecule has 2 aromatic rings. The number of para-hydroxylation sites is 1. The number of carbonyl (C=O) groups is 3. The third-order valence-electron chi connectivity index (χ3n) is 4.37. The lowest BCUT2D eigenvalue weighted by Gasteiger charge is -2.26. The predicted octanol–water partition coefficient (Wildman–Crippen LogP) is 2.64. The molecule has 0 spiro atoms. The molecule has 0 bridgehead atoms. The number of hydrogen-bond acceptors (Lipinski definition) is 7. The van der Waals surface area contributed by atoms with Gasteiger partial charge < -0.3 is 25.4 Å². The Kier molecular flexibility index (Phi) is 6.81. The van der Waals surface area contributed by atoms with Crippen molar-refractivity contribution in [3.8, 4) is 0 Å². The molecule has 2 heterocycles. The Morgan fingerprint density at radius 3 is 2.68 bits per heavy atom. The van der Waals surface area contributed by atoms with E-state index in [4.69, 9.17) is 9.47 Å². The summed E-state index contributed by atoms with van der Waals surface area (Å²) in [4.78, 5) is 40.8. The number of carbonyl (C=O) groups excluding carboxylic acids is 3. The molecule has 1 aromatic heterocycles. The highest BCUT2D eigenvalue weighted by molar-refractivity contribution is 5.96. The fraction of sp³-hybridized carbons (Fsp3) is 0.238. The normalized spacial score (nSPS) is 15.6. The number of benzene rings is 1. The van der Waals surface area contributed by atoms with E-state index in [1.54, 1.807) is 19.9 Å². The maximum absolute atomic E-state index is 14.0. The number of amides is 2. The van der Waals surface area contributed by atoms with Gasteiger partial charge in [-0.05, 0) is 38.1 Å². The van der Waals surface area contributed by atoms with Crippen molar-refractivity contribution < 1.29 is 28.2 Å². The first-order chi connectivity index (χ1) is 14.9. The van der Waals surface area contributed by atoms with Crippen molar-refractivity contribution in [2.75, 3.05) is 18.5 Å². The van der Waals surface area contributed by atoms with E-state index in [9.17, 15) is 18.8 Å². The van der Waals surface area contributed by atoms with E-state index in [1.807, 2.05) is 0 Å². The second kappa shape index (κ2) is 9.70. The van der Waals surface area contributed by atoms with Gasteiger partial charge in [-0.3, -0.25) is 0 Å². The van der Waals surface area contributed by atoms with Crippen molar-refractivity contribution in [3.05, 3.63) is 65.2 Å². The molecule has 0 saturated heterocycles. The molecule has 3 N–H and O–H groups in total. The highest BCUT2D eigenvalue weighted by Crippen LogP contribution is 2.22. The third-order valence-corrected chi connectivity index (χ3v) is 4.37. The number of halogens is 1. The quantitative estimate of drug-likeness (QED) is 0.580. The van der Waals surface area contributed by atoms with Gasteiger partial charge >= 0.3 is 18.0 Å². The fourth-order valence-electron chi connectivity index (χ4n) is 2.97. The number of rotatable bonds is 7. The van der Waals surface area contributed by atoms with Gasteiger partial charge in [0.15, 0.2) is 0 Å². The van der Waals surface area contributed by atoms with Gasteiger partial charge in [0, 0.05) is 6.20 Å². The zero-order chi connectivity index (χ0) is 22.4. The monoisotopic (exact) mass is 428 g/mol. The van der Waals surface area contributed by atoms with E-state index in [1.165, 1.54) is 36.5 Å². The molecule has 3 rings (SSSR count). The summed E-state index contributed by atoms with van der Waals surface area (Å²) in [5.41, 5.74) is 0.472. The topological polar surface area (TPSA) is 119 Å². The number of hydrogen-bond donors (Lipinski definition) is 3. The smallest absolute Gasteiger partial charge is 0.342 e. The van der Waals surface area contributed by atoms with Crippen molar-refractivity contribution in [1.82, 2.24) is 15.6 Å². The summed E-state index contributed by atoms with van der Waals surface area (Å²) in [7, 11) is 0. The van der Waals surface area contributed by atoms with Crippen molar-refractivity contribution in [2.24, 2.45) is 0 Å². The molecular formula is C21H21FN4O5. The summed E-state index contributed by atoms with van der Waals surface area (Å²) in [6.45, 7) is 3.05. The molecule has 1 aliphatic heterocycles. The predicted molar refractivity (Wildman–Crippen MR) is 109 cm³/mol. The Bertz CT molecular complexity index is 1040. The average molecular weight is 428 g/mol. The average Bonchev–Trinajstić information content (AvgIpc) is 2.73. The molecule has 0 aliphatic carbocycles. The van der Waals surface area contributed by atoms with Gasteiger partial charge in [0.25, 0.3) is 0 Å². The lowest BCUT2D eigenvalue weighted by Crippen LogP contribution is -2.50. The van der Waals surface area contributed by atoms with Crippen LogP contribution in [0.2, 0.25) is 0 Å². The van der Waals surface area contributed by atoms with Crippen LogP contribution in [0.1, 0.15) is 24.2 Å². The lowest BCUT2D eigenvalue weighted by atomic mass is 10.0. The van der Waals surface area contributed by atoms with Gasteiger partial charge in [-0.25, -0.2) is 23.8 Å². The number of aromatic nitrogens is 1. The molecule has 1 aromatic carbocycles. The molecule has 1 atom stereocenters. The molecule has 0 saturated carbocycles. The SMILES string of the molecule is CCOC(=O)C1=C(COC(=O)c2cccnc2Nc2ccccc2F)NC(=O)NC1C. The minimum atomic E-state index is -0.775. The molecular weight excluding hydrogens is 407 g/mol. The van der Waals surface area contributed by atoms with Gasteiger partial charge in [0.2, 0.25) is 0 Å². The van der Waals surface area contributed by atoms with Gasteiger partial charge in [-0.1, -0.05) is 12.1 Å². The molecule has 0 fully saturated rings. The third kappa shape index (κ3) is 5.16. The molecule has 2 amide bonds. The first kappa shape index (κ1) is 21.8. The number of ether oxygens (including phenoxy) is 2. The number of nitrogens with one attached hydrogen (secondary N) is 3. The summed E-state index contributed by atoms with van der Waals surface area (Å²) in [5, 5.41) is 7.80. The highest BCUT2D eigenvalue weighted by atomic mass is 19.1. The Labute approximate surface area is 177 Å². The van der Waals surface area contributed by atoms with Crippen LogP contribution in [0.15, 0.2) is 53.9 Å². The zero-order valence-corrected chi connectivity index (χ0v) is 16.9. The molecule has 1 unspecified atom stereocenters. The Balaban J connectivity index is 1.80. The minimum Gasteiger partial charge on any atom is -0.463 e. The van der Waals surface area contributed by atoms with Crippen LogP contribution in [0.3, 0.4) is 0 Å². The summed E-state index contributed by atoms with van der Waals surface area (Å²) < 4.78 is 24.3. The fourth-order valence-corrected chi connectivity index (χ4v) is 2.97. The number of pyridine rings is 1. The van der Waals surface area contributed by atoms with E-state index in [2.05, 4.69) is 20.9 Å². The van der Waals surface area contributed by atoms with Crippen molar-refractivity contribution in [1.29, 1.82) is 0 Å². The summed E-state index contributed by atoms with van der Waals surface area (Å²) in [5.74, 6) is -1.82. The second-order valence-corrected chi connectivity index (χ2v) is 6.51. The summed E-state index contributed by atoms with van der Waals surface area (Å²) >= 11 is 0. The molecule has 31 heavy (non-hydrogen) atoms. The van der Waals surface area contributed by atoms with Crippen molar-refractivity contribution in [2.45, 2.75) is 19.9 Å². The summed E-state index contributed by atoms with van der Waals surface area (Å²) in [6, 6.07) is 7.78. The van der Waals surface area contributed by atoms with Crippen molar-refractivity contribution >= 4 is 29.5 Å². The Morgan fingerprint density at radius 2 is 1.94 bits per heavy atom. The lowest BCUT2D eigenvalue weighted by molar-refractivity contribution is -0.139.